The lowest BCUT2D eigenvalue weighted by Crippen LogP contribution is -2.45. The van der Waals surface area contributed by atoms with Gasteiger partial charge in [-0.2, -0.15) is 0 Å². The molecule has 2 rings (SSSR count). The van der Waals surface area contributed by atoms with Crippen LogP contribution in [0.4, 0.5) is 4.39 Å². The average molecular weight is 363 g/mol. The highest BCUT2D eigenvalue weighted by atomic mass is 19.1. The lowest BCUT2D eigenvalue weighted by molar-refractivity contribution is -0.122. The van der Waals surface area contributed by atoms with E-state index in [4.69, 9.17) is 0 Å². The molecule has 1 aromatic rings. The predicted molar refractivity (Wildman–Crippen MR) is 100 cm³/mol. The summed E-state index contributed by atoms with van der Waals surface area (Å²) in [4.78, 5) is 28.7. The molecule has 1 N–H and O–H groups in total. The summed E-state index contributed by atoms with van der Waals surface area (Å²) in [5, 5.41) is 2.97. The topological polar surface area (TPSA) is 52.7 Å². The number of likely N-dealkylation sites (N-methyl/N-ethyl adjacent to an activating group) is 1. The molecule has 0 saturated carbocycles. The van der Waals surface area contributed by atoms with Gasteiger partial charge in [0.1, 0.15) is 5.82 Å². The zero-order chi connectivity index (χ0) is 19.1. The molecule has 0 radical (unpaired) electrons. The number of amides is 2. The first-order valence-electron chi connectivity index (χ1n) is 9.37. The fourth-order valence-electron chi connectivity index (χ4n) is 3.50. The number of halogens is 1. The van der Waals surface area contributed by atoms with Crippen LogP contribution in [-0.2, 0) is 4.79 Å². The average Bonchev–Trinajstić information content (AvgIpc) is 2.61. The molecule has 144 valence electrons. The molecule has 0 aliphatic carbocycles. The second-order valence-corrected chi connectivity index (χ2v) is 7.33. The first kappa shape index (κ1) is 20.4. The van der Waals surface area contributed by atoms with Crippen LogP contribution in [0, 0.1) is 17.7 Å². The number of hydrogen-bond acceptors (Lipinski definition) is 3. The van der Waals surface area contributed by atoms with Crippen molar-refractivity contribution in [3.63, 3.8) is 0 Å². The monoisotopic (exact) mass is 363 g/mol. The van der Waals surface area contributed by atoms with E-state index >= 15 is 0 Å². The predicted octanol–water partition coefficient (Wildman–Crippen LogP) is 2.38. The Labute approximate surface area is 155 Å². The van der Waals surface area contributed by atoms with Gasteiger partial charge in [-0.15, -0.1) is 0 Å². The van der Waals surface area contributed by atoms with E-state index in [1.807, 2.05) is 23.9 Å². The third-order valence-corrected chi connectivity index (χ3v) is 5.12. The number of rotatable bonds is 7. The molecule has 1 aliphatic rings. The van der Waals surface area contributed by atoms with Gasteiger partial charge in [-0.05, 0) is 56.6 Å². The van der Waals surface area contributed by atoms with Crippen molar-refractivity contribution < 1.29 is 14.0 Å². The Morgan fingerprint density at radius 1 is 1.23 bits per heavy atom. The van der Waals surface area contributed by atoms with Gasteiger partial charge in [-0.1, -0.05) is 13.3 Å². The number of likely N-dealkylation sites (tertiary alicyclic amines) is 1. The van der Waals surface area contributed by atoms with Gasteiger partial charge in [-0.25, -0.2) is 4.39 Å². The summed E-state index contributed by atoms with van der Waals surface area (Å²) in [6.07, 6.45) is 2.28. The SMILES string of the molecule is CC[C@@H]1CN(C(=O)c2ccc(F)cc2)CC[C@H]1CC(=O)NCCN(C)C. The summed E-state index contributed by atoms with van der Waals surface area (Å²) in [5.41, 5.74) is 0.515. The number of piperidine rings is 1. The third kappa shape index (κ3) is 5.80. The van der Waals surface area contributed by atoms with Gasteiger partial charge in [-0.3, -0.25) is 9.59 Å². The van der Waals surface area contributed by atoms with Crippen molar-refractivity contribution >= 4 is 11.8 Å². The van der Waals surface area contributed by atoms with E-state index in [1.54, 1.807) is 0 Å². The molecule has 1 fully saturated rings. The largest absolute Gasteiger partial charge is 0.355 e. The van der Waals surface area contributed by atoms with Gasteiger partial charge in [0.15, 0.2) is 0 Å². The molecule has 2 atom stereocenters. The maximum Gasteiger partial charge on any atom is 0.253 e. The summed E-state index contributed by atoms with van der Waals surface area (Å²) in [7, 11) is 3.96. The van der Waals surface area contributed by atoms with Gasteiger partial charge in [0.25, 0.3) is 5.91 Å². The minimum Gasteiger partial charge on any atom is -0.355 e. The number of carbonyl (C=O) groups excluding carboxylic acids is 2. The zero-order valence-corrected chi connectivity index (χ0v) is 16.0. The van der Waals surface area contributed by atoms with E-state index in [0.29, 0.717) is 43.5 Å². The van der Waals surface area contributed by atoms with Crippen LogP contribution in [-0.4, -0.2) is 61.9 Å². The van der Waals surface area contributed by atoms with Crippen LogP contribution in [0.1, 0.15) is 36.5 Å². The molecule has 1 saturated heterocycles. The van der Waals surface area contributed by atoms with E-state index in [0.717, 1.165) is 19.4 Å². The minimum absolute atomic E-state index is 0.0580. The lowest BCUT2D eigenvalue weighted by Gasteiger charge is -2.38. The second-order valence-electron chi connectivity index (χ2n) is 7.33. The van der Waals surface area contributed by atoms with Gasteiger partial charge < -0.3 is 15.1 Å². The molecule has 0 bridgehead atoms. The Bertz CT molecular complexity index is 604. The first-order chi connectivity index (χ1) is 12.4. The van der Waals surface area contributed by atoms with Crippen LogP contribution in [0.15, 0.2) is 24.3 Å². The summed E-state index contributed by atoms with van der Waals surface area (Å²) >= 11 is 0. The Balaban J connectivity index is 1.88. The molecule has 5 nitrogen and oxygen atoms in total. The Kier molecular flexibility index (Phi) is 7.57. The van der Waals surface area contributed by atoms with Crippen LogP contribution in [0.3, 0.4) is 0 Å². The highest BCUT2D eigenvalue weighted by Crippen LogP contribution is 2.29. The fourth-order valence-corrected chi connectivity index (χ4v) is 3.50. The molecule has 1 aliphatic heterocycles. The normalized spacial score (nSPS) is 20.3. The minimum atomic E-state index is -0.341. The molecule has 0 spiro atoms. The molecular weight excluding hydrogens is 333 g/mol. The quantitative estimate of drug-likeness (QED) is 0.809. The molecule has 26 heavy (non-hydrogen) atoms. The maximum absolute atomic E-state index is 13.0. The molecule has 6 heteroatoms. The Hall–Kier alpha value is -1.95. The number of nitrogens with zero attached hydrogens (tertiary/aromatic N) is 2. The van der Waals surface area contributed by atoms with E-state index in [-0.39, 0.29) is 17.6 Å². The number of benzene rings is 1. The van der Waals surface area contributed by atoms with Crippen LogP contribution in [0.25, 0.3) is 0 Å². The number of hydrogen-bond donors (Lipinski definition) is 1. The zero-order valence-electron chi connectivity index (χ0n) is 16.0. The molecule has 1 heterocycles. The van der Waals surface area contributed by atoms with Crippen molar-refractivity contribution in [3.8, 4) is 0 Å². The van der Waals surface area contributed by atoms with Crippen molar-refractivity contribution in [3.05, 3.63) is 35.6 Å². The summed E-state index contributed by atoms with van der Waals surface area (Å²) in [5.74, 6) is 0.308. The summed E-state index contributed by atoms with van der Waals surface area (Å²) in [6.45, 7) is 4.89. The van der Waals surface area contributed by atoms with Gasteiger partial charge in [0.2, 0.25) is 5.91 Å². The highest BCUT2D eigenvalue weighted by Gasteiger charge is 2.32. The first-order valence-corrected chi connectivity index (χ1v) is 9.37. The highest BCUT2D eigenvalue weighted by molar-refractivity contribution is 5.94. The van der Waals surface area contributed by atoms with Gasteiger partial charge >= 0.3 is 0 Å². The van der Waals surface area contributed by atoms with Crippen LogP contribution in [0.2, 0.25) is 0 Å². The van der Waals surface area contributed by atoms with Gasteiger partial charge in [0.05, 0.1) is 0 Å². The number of carbonyl (C=O) groups is 2. The number of nitrogens with one attached hydrogen (secondary N) is 1. The van der Waals surface area contributed by atoms with Crippen LogP contribution < -0.4 is 5.32 Å². The van der Waals surface area contributed by atoms with E-state index in [1.165, 1.54) is 24.3 Å². The third-order valence-electron chi connectivity index (χ3n) is 5.12. The van der Waals surface area contributed by atoms with E-state index < -0.39 is 0 Å². The smallest absolute Gasteiger partial charge is 0.253 e. The van der Waals surface area contributed by atoms with Crippen LogP contribution in [0.5, 0.6) is 0 Å². The Morgan fingerprint density at radius 3 is 2.54 bits per heavy atom. The van der Waals surface area contributed by atoms with E-state index in [9.17, 15) is 14.0 Å². The molecular formula is C20H30FN3O2. The van der Waals surface area contributed by atoms with Crippen molar-refractivity contribution in [2.24, 2.45) is 11.8 Å². The molecule has 0 aromatic heterocycles. The van der Waals surface area contributed by atoms with Crippen molar-refractivity contribution in [2.75, 3.05) is 40.3 Å². The van der Waals surface area contributed by atoms with Crippen LogP contribution >= 0.6 is 0 Å². The van der Waals surface area contributed by atoms with Crippen molar-refractivity contribution in [2.45, 2.75) is 26.2 Å². The standard InChI is InChI=1S/C20H30FN3O2/c1-4-15-14-24(20(26)16-5-7-18(21)8-6-16)11-9-17(15)13-19(25)22-10-12-23(2)3/h5-8,15,17H,4,9-14H2,1-3H3,(H,22,25)/t15-,17+/m1/s1. The van der Waals surface area contributed by atoms with E-state index in [2.05, 4.69) is 12.2 Å². The fraction of sp³-hybridized carbons (Fsp3) is 0.600. The summed E-state index contributed by atoms with van der Waals surface area (Å²) < 4.78 is 13.0. The molecule has 2 amide bonds. The summed E-state index contributed by atoms with van der Waals surface area (Å²) in [6, 6.07) is 5.69. The van der Waals surface area contributed by atoms with Crippen molar-refractivity contribution in [1.29, 1.82) is 0 Å². The lowest BCUT2D eigenvalue weighted by atomic mass is 9.81. The van der Waals surface area contributed by atoms with Gasteiger partial charge in [0, 0.05) is 38.2 Å². The second kappa shape index (κ2) is 9.67. The Morgan fingerprint density at radius 2 is 1.92 bits per heavy atom. The maximum atomic E-state index is 13.0. The van der Waals surface area contributed by atoms with Crippen molar-refractivity contribution in [1.82, 2.24) is 15.1 Å². The molecule has 1 aromatic carbocycles. The molecule has 0 unspecified atom stereocenters.